The van der Waals surface area contributed by atoms with Gasteiger partial charge in [-0.25, -0.2) is 0 Å². The van der Waals surface area contributed by atoms with Crippen molar-refractivity contribution in [3.05, 3.63) is 88.5 Å². The van der Waals surface area contributed by atoms with Crippen molar-refractivity contribution in [2.24, 2.45) is 0 Å². The minimum absolute atomic E-state index is 0.204. The van der Waals surface area contributed by atoms with E-state index in [9.17, 15) is 14.7 Å². The standard InChI is InChI=1S/C33H42N2O4/c1-21-9-12-23(13-10-21)29(31(38)34-24-14-16-25(39-8)17-15-24)35-28(36)18-11-22-19-26(32(2,3)4)30(37)27(20-22)33(5,6)7/h9-10,12-17,19-20,29,37H,11,18H2,1-8H3,(H,34,38)(H,35,36)/t29-/m0/s1. The van der Waals surface area contributed by atoms with Crippen LogP contribution < -0.4 is 15.4 Å². The summed E-state index contributed by atoms with van der Waals surface area (Å²) in [5.74, 6) is 0.452. The molecule has 0 heterocycles. The average Bonchev–Trinajstić information content (AvgIpc) is 2.86. The minimum atomic E-state index is -0.852. The second-order valence-corrected chi connectivity index (χ2v) is 12.2. The molecule has 0 saturated heterocycles. The fourth-order valence-electron chi connectivity index (χ4n) is 4.42. The molecule has 0 radical (unpaired) electrons. The van der Waals surface area contributed by atoms with Gasteiger partial charge in [-0.1, -0.05) is 83.5 Å². The van der Waals surface area contributed by atoms with E-state index >= 15 is 0 Å². The summed E-state index contributed by atoms with van der Waals surface area (Å²) in [6, 6.07) is 17.8. The molecule has 6 nitrogen and oxygen atoms in total. The molecule has 0 bridgehead atoms. The van der Waals surface area contributed by atoms with Crippen LogP contribution in [0.2, 0.25) is 0 Å². The number of benzene rings is 3. The van der Waals surface area contributed by atoms with Crippen molar-refractivity contribution in [2.75, 3.05) is 12.4 Å². The van der Waals surface area contributed by atoms with Crippen LogP contribution in [0.1, 0.15) is 81.8 Å². The number of nitrogens with one attached hydrogen (secondary N) is 2. The van der Waals surface area contributed by atoms with E-state index in [1.165, 1.54) is 0 Å². The normalized spacial score (nSPS) is 12.5. The first-order chi connectivity index (χ1) is 18.2. The zero-order valence-electron chi connectivity index (χ0n) is 24.4. The summed E-state index contributed by atoms with van der Waals surface area (Å²) in [5.41, 5.74) is 4.58. The molecule has 0 aliphatic carbocycles. The highest BCUT2D eigenvalue weighted by atomic mass is 16.5. The van der Waals surface area contributed by atoms with Crippen LogP contribution >= 0.6 is 0 Å². The lowest BCUT2D eigenvalue weighted by molar-refractivity contribution is -0.126. The average molecular weight is 531 g/mol. The highest BCUT2D eigenvalue weighted by molar-refractivity contribution is 5.98. The third-order valence-corrected chi connectivity index (χ3v) is 6.76. The molecule has 0 aromatic heterocycles. The van der Waals surface area contributed by atoms with Gasteiger partial charge in [0.05, 0.1) is 7.11 Å². The topological polar surface area (TPSA) is 87.7 Å². The van der Waals surface area contributed by atoms with Crippen LogP contribution in [-0.2, 0) is 26.8 Å². The molecule has 2 amide bonds. The molecule has 3 rings (SSSR count). The Morgan fingerprint density at radius 3 is 1.90 bits per heavy atom. The first-order valence-corrected chi connectivity index (χ1v) is 13.4. The van der Waals surface area contributed by atoms with Crippen molar-refractivity contribution >= 4 is 17.5 Å². The molecule has 1 atom stereocenters. The number of phenols is 1. The molecule has 3 aromatic carbocycles. The molecule has 0 saturated carbocycles. The summed E-state index contributed by atoms with van der Waals surface area (Å²) < 4.78 is 5.19. The van der Waals surface area contributed by atoms with Gasteiger partial charge in [-0.3, -0.25) is 9.59 Å². The summed E-state index contributed by atoms with van der Waals surface area (Å²) in [6.45, 7) is 14.4. The second kappa shape index (κ2) is 11.9. The van der Waals surface area contributed by atoms with Gasteiger partial charge in [0.1, 0.15) is 17.5 Å². The van der Waals surface area contributed by atoms with Gasteiger partial charge in [0.25, 0.3) is 5.91 Å². The van der Waals surface area contributed by atoms with Gasteiger partial charge in [-0.05, 0) is 70.7 Å². The number of amides is 2. The predicted molar refractivity (Wildman–Crippen MR) is 158 cm³/mol. The summed E-state index contributed by atoms with van der Waals surface area (Å²) in [7, 11) is 1.59. The number of anilines is 1. The van der Waals surface area contributed by atoms with Gasteiger partial charge in [-0.15, -0.1) is 0 Å². The zero-order valence-corrected chi connectivity index (χ0v) is 24.4. The summed E-state index contributed by atoms with van der Waals surface area (Å²) in [5, 5.41) is 16.9. The maximum atomic E-state index is 13.3. The third kappa shape index (κ3) is 7.85. The number of methoxy groups -OCH3 is 1. The van der Waals surface area contributed by atoms with E-state index in [0.717, 1.165) is 22.3 Å². The Labute approximate surface area is 232 Å². The van der Waals surface area contributed by atoms with Crippen LogP contribution in [0.5, 0.6) is 11.5 Å². The molecule has 0 unspecified atom stereocenters. The maximum Gasteiger partial charge on any atom is 0.251 e. The Hall–Kier alpha value is -3.80. The Balaban J connectivity index is 1.81. The van der Waals surface area contributed by atoms with E-state index in [1.54, 1.807) is 31.4 Å². The lowest BCUT2D eigenvalue weighted by Gasteiger charge is -2.28. The van der Waals surface area contributed by atoms with Crippen molar-refractivity contribution < 1.29 is 19.4 Å². The fraction of sp³-hybridized carbons (Fsp3) is 0.394. The molecule has 0 spiro atoms. The molecule has 0 aliphatic heterocycles. The number of aromatic hydroxyl groups is 1. The van der Waals surface area contributed by atoms with E-state index in [1.807, 2.05) is 43.3 Å². The molecular formula is C33H42N2O4. The van der Waals surface area contributed by atoms with Crippen LogP contribution in [0, 0.1) is 6.92 Å². The molecular weight excluding hydrogens is 488 g/mol. The number of aryl methyl sites for hydroxylation is 2. The number of ether oxygens (including phenoxy) is 1. The molecule has 6 heteroatoms. The number of hydrogen-bond donors (Lipinski definition) is 3. The van der Waals surface area contributed by atoms with Crippen molar-refractivity contribution in [1.82, 2.24) is 5.32 Å². The molecule has 208 valence electrons. The largest absolute Gasteiger partial charge is 0.507 e. The van der Waals surface area contributed by atoms with Crippen LogP contribution in [0.25, 0.3) is 0 Å². The first-order valence-electron chi connectivity index (χ1n) is 13.4. The Bertz CT molecular complexity index is 1260. The van der Waals surface area contributed by atoms with Crippen LogP contribution in [-0.4, -0.2) is 24.0 Å². The van der Waals surface area contributed by atoms with Gasteiger partial charge in [0.15, 0.2) is 0 Å². The molecule has 39 heavy (non-hydrogen) atoms. The smallest absolute Gasteiger partial charge is 0.251 e. The van der Waals surface area contributed by atoms with Crippen molar-refractivity contribution in [3.8, 4) is 11.5 Å². The molecule has 0 fully saturated rings. The Morgan fingerprint density at radius 2 is 1.41 bits per heavy atom. The van der Waals surface area contributed by atoms with Gasteiger partial charge >= 0.3 is 0 Å². The second-order valence-electron chi connectivity index (χ2n) is 12.2. The van der Waals surface area contributed by atoms with E-state index in [4.69, 9.17) is 4.74 Å². The zero-order chi connectivity index (χ0) is 29.0. The SMILES string of the molecule is COc1ccc(NC(=O)[C@@H](NC(=O)CCc2cc(C(C)(C)C)c(O)c(C(C)(C)C)c2)c2ccc(C)cc2)cc1. The minimum Gasteiger partial charge on any atom is -0.507 e. The predicted octanol–water partition coefficient (Wildman–Crippen LogP) is 6.73. The van der Waals surface area contributed by atoms with Gasteiger partial charge in [0, 0.05) is 12.1 Å². The van der Waals surface area contributed by atoms with E-state index < -0.39 is 6.04 Å². The van der Waals surface area contributed by atoms with Crippen LogP contribution in [0.3, 0.4) is 0 Å². The lowest BCUT2D eigenvalue weighted by Crippen LogP contribution is -2.37. The molecule has 3 aromatic rings. The summed E-state index contributed by atoms with van der Waals surface area (Å²) in [4.78, 5) is 26.5. The van der Waals surface area contributed by atoms with Crippen molar-refractivity contribution in [3.63, 3.8) is 0 Å². The monoisotopic (exact) mass is 530 g/mol. The third-order valence-electron chi connectivity index (χ3n) is 6.76. The lowest BCUT2D eigenvalue weighted by atomic mass is 9.78. The van der Waals surface area contributed by atoms with Gasteiger partial charge in [-0.2, -0.15) is 0 Å². The quantitative estimate of drug-likeness (QED) is 0.301. The van der Waals surface area contributed by atoms with Crippen molar-refractivity contribution in [2.45, 2.75) is 78.2 Å². The number of carbonyl (C=O) groups is 2. The van der Waals surface area contributed by atoms with E-state index in [2.05, 4.69) is 52.2 Å². The highest BCUT2D eigenvalue weighted by Gasteiger charge is 2.27. The van der Waals surface area contributed by atoms with Crippen LogP contribution in [0.4, 0.5) is 5.69 Å². The Kier molecular flexibility index (Phi) is 9.10. The van der Waals surface area contributed by atoms with Gasteiger partial charge in [0.2, 0.25) is 5.91 Å². The summed E-state index contributed by atoms with van der Waals surface area (Å²) >= 11 is 0. The number of carbonyl (C=O) groups excluding carboxylic acids is 2. The first kappa shape index (κ1) is 29.8. The van der Waals surface area contributed by atoms with E-state index in [0.29, 0.717) is 29.2 Å². The van der Waals surface area contributed by atoms with Crippen LogP contribution in [0.15, 0.2) is 60.7 Å². The number of phenolic OH excluding ortho intramolecular Hbond substituents is 1. The molecule has 0 aliphatic rings. The highest BCUT2D eigenvalue weighted by Crippen LogP contribution is 2.40. The van der Waals surface area contributed by atoms with Gasteiger partial charge < -0.3 is 20.5 Å². The maximum absolute atomic E-state index is 13.3. The molecule has 3 N–H and O–H groups in total. The number of rotatable bonds is 8. The van der Waals surface area contributed by atoms with E-state index in [-0.39, 0.29) is 29.1 Å². The van der Waals surface area contributed by atoms with Crippen molar-refractivity contribution in [1.29, 1.82) is 0 Å². The summed E-state index contributed by atoms with van der Waals surface area (Å²) in [6.07, 6.45) is 0.690. The fourth-order valence-corrected chi connectivity index (χ4v) is 4.42. The Morgan fingerprint density at radius 1 is 0.872 bits per heavy atom. The number of hydrogen-bond acceptors (Lipinski definition) is 4.